The highest BCUT2D eigenvalue weighted by Crippen LogP contribution is 2.29. The summed E-state index contributed by atoms with van der Waals surface area (Å²) in [6.45, 7) is 5.24. The van der Waals surface area contributed by atoms with Crippen molar-refractivity contribution in [3.8, 4) is 0 Å². The van der Waals surface area contributed by atoms with Crippen molar-refractivity contribution in [1.29, 1.82) is 0 Å². The fourth-order valence-electron chi connectivity index (χ4n) is 2.93. The van der Waals surface area contributed by atoms with Crippen LogP contribution in [0.1, 0.15) is 0 Å². The lowest BCUT2D eigenvalue weighted by Crippen LogP contribution is -2.73. The zero-order chi connectivity index (χ0) is 9.83. The first-order chi connectivity index (χ1) is 7.45. The Kier molecular flexibility index (Phi) is 1.94. The van der Waals surface area contributed by atoms with E-state index in [4.69, 9.17) is 14.0 Å². The second-order valence-corrected chi connectivity index (χ2v) is 4.30. The van der Waals surface area contributed by atoms with E-state index in [9.17, 15) is 0 Å². The van der Waals surface area contributed by atoms with Gasteiger partial charge in [-0.1, -0.05) is 0 Å². The van der Waals surface area contributed by atoms with Gasteiger partial charge < -0.3 is 28.1 Å². The summed E-state index contributed by atoms with van der Waals surface area (Å²) in [7, 11) is 0.200. The summed E-state index contributed by atoms with van der Waals surface area (Å²) < 4.78 is 24.1. The van der Waals surface area contributed by atoms with Crippen LogP contribution in [0.25, 0.3) is 0 Å². The summed E-state index contributed by atoms with van der Waals surface area (Å²) in [5, 5.41) is 0. The molecular weight excluding hydrogens is 195 g/mol. The highest BCUT2D eigenvalue weighted by molar-refractivity contribution is 6.80. The molecule has 0 atom stereocenters. The Morgan fingerprint density at radius 2 is 1.53 bits per heavy atom. The number of hydrogen-bond donors (Lipinski definition) is 0. The molecule has 4 fully saturated rings. The lowest BCUT2D eigenvalue weighted by atomic mass is 9.64. The molecule has 4 rings (SSSR count). The minimum atomic E-state index is 0.0665. The van der Waals surface area contributed by atoms with Crippen molar-refractivity contribution in [3.63, 3.8) is 0 Å². The summed E-state index contributed by atoms with van der Waals surface area (Å²) in [5.41, 5.74) is 0. The van der Waals surface area contributed by atoms with E-state index in [0.717, 1.165) is 39.5 Å². The van der Waals surface area contributed by atoms with Crippen molar-refractivity contribution in [2.45, 2.75) is 0 Å². The number of rotatable bonds is 0. The van der Waals surface area contributed by atoms with Gasteiger partial charge in [0.2, 0.25) is 0 Å². The zero-order valence-electron chi connectivity index (χ0n) is 8.54. The third kappa shape index (κ3) is 1.13. The van der Waals surface area contributed by atoms with E-state index in [-0.39, 0.29) is 21.6 Å². The molecule has 6 nitrogen and oxygen atoms in total. The molecule has 0 aromatic rings. The molecule has 0 aromatic carbocycles. The third-order valence-electron chi connectivity index (χ3n) is 3.55. The molecule has 4 aliphatic heterocycles. The molecular formula is C6H12B3N3O3-. The lowest BCUT2D eigenvalue weighted by molar-refractivity contribution is 0.317. The Balaban J connectivity index is 1.70. The van der Waals surface area contributed by atoms with Crippen molar-refractivity contribution >= 4 is 21.6 Å². The molecule has 4 saturated heterocycles. The Morgan fingerprint density at radius 1 is 0.867 bits per heavy atom. The fourth-order valence-corrected chi connectivity index (χ4v) is 2.93. The molecule has 4 heterocycles. The molecule has 79 valence electrons. The van der Waals surface area contributed by atoms with Crippen LogP contribution in [-0.2, 0) is 14.0 Å². The maximum atomic E-state index is 5.74. The van der Waals surface area contributed by atoms with Gasteiger partial charge in [-0.15, -0.1) is 0 Å². The largest absolute Gasteiger partial charge is 0.587 e. The second-order valence-electron chi connectivity index (χ2n) is 4.30. The SMILES string of the molecule is C1CN2B(O1)N1CCOB1N1CCO[B-]21. The topological polar surface area (TPSA) is 37.4 Å². The summed E-state index contributed by atoms with van der Waals surface area (Å²) in [6, 6.07) is 0. The van der Waals surface area contributed by atoms with Crippen LogP contribution in [0.4, 0.5) is 0 Å². The van der Waals surface area contributed by atoms with Gasteiger partial charge in [0.1, 0.15) is 7.19 Å². The highest BCUT2D eigenvalue weighted by Gasteiger charge is 2.53. The first kappa shape index (κ1) is 9.03. The predicted octanol–water partition coefficient (Wildman–Crippen LogP) is -2.05. The fraction of sp³-hybridized carbons (Fsp3) is 1.00. The van der Waals surface area contributed by atoms with Crippen molar-refractivity contribution in [2.24, 2.45) is 0 Å². The van der Waals surface area contributed by atoms with E-state index in [1.807, 2.05) is 0 Å². The number of nitrogens with zero attached hydrogens (tertiary/aromatic N) is 3. The van der Waals surface area contributed by atoms with E-state index in [2.05, 4.69) is 14.2 Å². The first-order valence-corrected chi connectivity index (χ1v) is 5.57. The van der Waals surface area contributed by atoms with E-state index in [1.165, 1.54) is 0 Å². The average molecular weight is 207 g/mol. The van der Waals surface area contributed by atoms with Gasteiger partial charge in [-0.25, -0.2) is 0 Å². The van der Waals surface area contributed by atoms with Crippen LogP contribution >= 0.6 is 0 Å². The minimum absolute atomic E-state index is 0.0665. The number of fused-ring (bicyclic) bond motifs is 6. The predicted molar refractivity (Wildman–Crippen MR) is 55.2 cm³/mol. The summed E-state index contributed by atoms with van der Waals surface area (Å²) in [6.07, 6.45) is 0. The van der Waals surface area contributed by atoms with Gasteiger partial charge in [0.05, 0.1) is 0 Å². The van der Waals surface area contributed by atoms with Crippen LogP contribution in [0.5, 0.6) is 0 Å². The average Bonchev–Trinajstić information content (AvgIpc) is 2.97. The van der Waals surface area contributed by atoms with Gasteiger partial charge >= 0.3 is 14.4 Å². The van der Waals surface area contributed by atoms with E-state index < -0.39 is 0 Å². The van der Waals surface area contributed by atoms with Crippen LogP contribution in [0.15, 0.2) is 0 Å². The van der Waals surface area contributed by atoms with E-state index in [1.54, 1.807) is 0 Å². The number of hydrogen-bond acceptors (Lipinski definition) is 6. The van der Waals surface area contributed by atoms with Crippen molar-refractivity contribution < 1.29 is 14.0 Å². The molecule has 9 heteroatoms. The quantitative estimate of drug-likeness (QED) is 0.425. The Hall–Kier alpha value is -0.0452. The van der Waals surface area contributed by atoms with Crippen molar-refractivity contribution in [3.05, 3.63) is 0 Å². The van der Waals surface area contributed by atoms with Gasteiger partial charge in [-0.3, -0.25) is 0 Å². The van der Waals surface area contributed by atoms with Crippen molar-refractivity contribution in [1.82, 2.24) is 14.2 Å². The molecule has 0 aliphatic carbocycles. The summed E-state index contributed by atoms with van der Waals surface area (Å²) >= 11 is 0. The molecule has 0 saturated carbocycles. The van der Waals surface area contributed by atoms with E-state index >= 15 is 0 Å². The molecule has 0 aromatic heterocycles. The van der Waals surface area contributed by atoms with E-state index in [0.29, 0.717) is 0 Å². The first-order valence-electron chi connectivity index (χ1n) is 5.57. The maximum Gasteiger partial charge on any atom is 0.430 e. The van der Waals surface area contributed by atoms with Crippen LogP contribution in [0, 0.1) is 0 Å². The smallest absolute Gasteiger partial charge is 0.430 e. The highest BCUT2D eigenvalue weighted by atomic mass is 16.5. The van der Waals surface area contributed by atoms with Gasteiger partial charge in [0.15, 0.2) is 0 Å². The second kappa shape index (κ2) is 3.22. The van der Waals surface area contributed by atoms with Gasteiger partial charge in [0.25, 0.3) is 0 Å². The molecule has 0 N–H and O–H groups in total. The normalized spacial score (nSPS) is 33.6. The third-order valence-corrected chi connectivity index (χ3v) is 3.55. The molecule has 4 aliphatic rings. The zero-order valence-corrected chi connectivity index (χ0v) is 8.54. The molecule has 0 amide bonds. The standard InChI is InChI=1S/C6H12B3N3O3/c1-4-13-7-10(1)8-12(2-5-14-8)9-11(7)3-6-15-9/h1-6H2/q-1. The monoisotopic (exact) mass is 207 g/mol. The molecule has 0 spiro atoms. The summed E-state index contributed by atoms with van der Waals surface area (Å²) in [4.78, 5) is 0. The Morgan fingerprint density at radius 3 is 2.33 bits per heavy atom. The minimum Gasteiger partial charge on any atom is -0.587 e. The Bertz CT molecular complexity index is 207. The van der Waals surface area contributed by atoms with Crippen LogP contribution < -0.4 is 0 Å². The van der Waals surface area contributed by atoms with Gasteiger partial charge in [-0.05, 0) is 13.1 Å². The summed E-state index contributed by atoms with van der Waals surface area (Å²) in [5.74, 6) is 0. The maximum absolute atomic E-state index is 5.74. The Labute approximate surface area is 89.9 Å². The van der Waals surface area contributed by atoms with Gasteiger partial charge in [0, 0.05) is 26.4 Å². The van der Waals surface area contributed by atoms with Crippen molar-refractivity contribution in [2.75, 3.05) is 39.5 Å². The molecule has 15 heavy (non-hydrogen) atoms. The van der Waals surface area contributed by atoms with Crippen LogP contribution in [0.2, 0.25) is 0 Å². The molecule has 0 unspecified atom stereocenters. The van der Waals surface area contributed by atoms with Crippen LogP contribution in [0.3, 0.4) is 0 Å². The molecule has 0 bridgehead atoms. The molecule has 1 radical (unpaired) electrons. The van der Waals surface area contributed by atoms with Crippen LogP contribution in [-0.4, -0.2) is 75.2 Å². The lowest BCUT2D eigenvalue weighted by Gasteiger charge is -2.52. The van der Waals surface area contributed by atoms with Gasteiger partial charge in [-0.2, -0.15) is 0 Å².